The molecule has 0 aliphatic heterocycles. The second-order valence-corrected chi connectivity index (χ2v) is 13.1. The molecule has 0 saturated heterocycles. The van der Waals surface area contributed by atoms with Gasteiger partial charge in [0.15, 0.2) is 0 Å². The number of benzene rings is 1. The maximum Gasteiger partial charge on any atom is 0.294 e. The van der Waals surface area contributed by atoms with E-state index >= 15 is 0 Å². The molecule has 0 radical (unpaired) electrons. The molecule has 0 heterocycles. The Labute approximate surface area is 149 Å². The quantitative estimate of drug-likeness (QED) is 0.425. The van der Waals surface area contributed by atoms with Crippen LogP contribution in [0.1, 0.15) is 64.9 Å². The molecule has 5 heteroatoms. The highest BCUT2D eigenvalue weighted by Crippen LogP contribution is 2.30. The molecule has 0 saturated carbocycles. The predicted molar refractivity (Wildman–Crippen MR) is 106 cm³/mol. The van der Waals surface area contributed by atoms with Crippen molar-refractivity contribution in [1.82, 2.24) is 0 Å². The van der Waals surface area contributed by atoms with Crippen molar-refractivity contribution in [2.45, 2.75) is 89.2 Å². The van der Waals surface area contributed by atoms with E-state index in [-0.39, 0.29) is 4.90 Å². The third kappa shape index (κ3) is 5.71. The highest BCUT2D eigenvalue weighted by atomic mass is 32.2. The van der Waals surface area contributed by atoms with Gasteiger partial charge in [-0.15, -0.1) is 0 Å². The second-order valence-electron chi connectivity index (χ2n) is 7.04. The van der Waals surface area contributed by atoms with Crippen LogP contribution in [0.4, 0.5) is 0 Å². The van der Waals surface area contributed by atoms with Gasteiger partial charge in [-0.05, 0) is 19.1 Å². The SMILES string of the molecule is CCCC[Si](CCCC)(CCCC)c1cc(S(=O)(=O)O)ccc1C. The maximum absolute atomic E-state index is 11.6. The second kappa shape index (κ2) is 9.73. The van der Waals surface area contributed by atoms with E-state index in [0.717, 1.165) is 0 Å². The third-order valence-corrected chi connectivity index (χ3v) is 11.6. The molecule has 0 fully saturated rings. The summed E-state index contributed by atoms with van der Waals surface area (Å²) < 4.78 is 32.8. The van der Waals surface area contributed by atoms with E-state index < -0.39 is 18.2 Å². The largest absolute Gasteiger partial charge is 0.294 e. The molecule has 3 nitrogen and oxygen atoms in total. The zero-order chi connectivity index (χ0) is 18.2. The first kappa shape index (κ1) is 21.4. The van der Waals surface area contributed by atoms with Gasteiger partial charge < -0.3 is 0 Å². The van der Waals surface area contributed by atoms with Gasteiger partial charge >= 0.3 is 0 Å². The van der Waals surface area contributed by atoms with Gasteiger partial charge in [0.25, 0.3) is 10.1 Å². The molecular weight excluding hydrogens is 336 g/mol. The minimum atomic E-state index is -4.14. The molecule has 0 atom stereocenters. The lowest BCUT2D eigenvalue weighted by molar-refractivity contribution is 0.483. The number of unbranched alkanes of at least 4 members (excludes halogenated alkanes) is 3. The Morgan fingerprint density at radius 1 is 0.917 bits per heavy atom. The molecule has 138 valence electrons. The lowest BCUT2D eigenvalue weighted by Crippen LogP contribution is -2.49. The number of aryl methyl sites for hydroxylation is 1. The highest BCUT2D eigenvalue weighted by molar-refractivity contribution is 7.85. The Morgan fingerprint density at radius 2 is 1.38 bits per heavy atom. The summed E-state index contributed by atoms with van der Waals surface area (Å²) in [5, 5.41) is 1.26. The third-order valence-electron chi connectivity index (χ3n) is 5.10. The molecule has 1 aromatic carbocycles. The van der Waals surface area contributed by atoms with Crippen molar-refractivity contribution in [3.05, 3.63) is 23.8 Å². The molecule has 0 unspecified atom stereocenters. The minimum absolute atomic E-state index is 0.0597. The van der Waals surface area contributed by atoms with Gasteiger partial charge in [0.2, 0.25) is 0 Å². The van der Waals surface area contributed by atoms with E-state index in [2.05, 4.69) is 27.7 Å². The molecule has 0 aliphatic carbocycles. The monoisotopic (exact) mass is 370 g/mol. The molecule has 0 aliphatic rings. The van der Waals surface area contributed by atoms with Crippen molar-refractivity contribution in [2.75, 3.05) is 0 Å². The lowest BCUT2D eigenvalue weighted by atomic mass is 10.2. The Morgan fingerprint density at radius 3 is 1.75 bits per heavy atom. The molecule has 0 bridgehead atoms. The van der Waals surface area contributed by atoms with E-state index in [1.54, 1.807) is 6.07 Å². The van der Waals surface area contributed by atoms with Crippen molar-refractivity contribution in [1.29, 1.82) is 0 Å². The Balaban J connectivity index is 3.43. The van der Waals surface area contributed by atoms with Crippen LogP contribution < -0.4 is 5.19 Å². The minimum Gasteiger partial charge on any atom is -0.282 e. The Hall–Kier alpha value is -0.653. The van der Waals surface area contributed by atoms with Gasteiger partial charge in [0.05, 0.1) is 13.0 Å². The van der Waals surface area contributed by atoms with Gasteiger partial charge in [0, 0.05) is 0 Å². The van der Waals surface area contributed by atoms with Gasteiger partial charge in [-0.25, -0.2) is 0 Å². The van der Waals surface area contributed by atoms with Crippen LogP contribution in [-0.4, -0.2) is 21.0 Å². The van der Waals surface area contributed by atoms with Crippen LogP contribution in [0.5, 0.6) is 0 Å². The zero-order valence-corrected chi connectivity index (χ0v) is 17.6. The summed E-state index contributed by atoms with van der Waals surface area (Å²) in [5.41, 5.74) is 1.19. The van der Waals surface area contributed by atoms with Gasteiger partial charge in [-0.3, -0.25) is 4.55 Å². The fourth-order valence-corrected chi connectivity index (χ4v) is 10.3. The van der Waals surface area contributed by atoms with E-state index in [1.807, 2.05) is 6.07 Å². The smallest absolute Gasteiger partial charge is 0.282 e. The molecular formula is C19H34O3SSi. The summed E-state index contributed by atoms with van der Waals surface area (Å²) >= 11 is 0. The molecule has 0 aromatic heterocycles. The number of hydrogen-bond acceptors (Lipinski definition) is 2. The van der Waals surface area contributed by atoms with Crippen LogP contribution in [0.3, 0.4) is 0 Å². The van der Waals surface area contributed by atoms with Crippen LogP contribution in [0.15, 0.2) is 23.1 Å². The van der Waals surface area contributed by atoms with Crippen LogP contribution in [0.2, 0.25) is 18.1 Å². The van der Waals surface area contributed by atoms with Gasteiger partial charge in [-0.1, -0.05) is 94.2 Å². The normalized spacial score (nSPS) is 12.5. The summed E-state index contributed by atoms with van der Waals surface area (Å²) in [7, 11) is -5.91. The van der Waals surface area contributed by atoms with Crippen LogP contribution in [0, 0.1) is 6.92 Å². The van der Waals surface area contributed by atoms with Gasteiger partial charge in [0.1, 0.15) is 0 Å². The van der Waals surface area contributed by atoms with Crippen LogP contribution in [0.25, 0.3) is 0 Å². The van der Waals surface area contributed by atoms with Crippen LogP contribution >= 0.6 is 0 Å². The fourth-order valence-electron chi connectivity index (χ4n) is 3.66. The van der Waals surface area contributed by atoms with Crippen molar-refractivity contribution in [3.8, 4) is 0 Å². The highest BCUT2D eigenvalue weighted by Gasteiger charge is 2.35. The van der Waals surface area contributed by atoms with E-state index in [1.165, 1.54) is 73.5 Å². The average molecular weight is 371 g/mol. The molecule has 1 N–H and O–H groups in total. The van der Waals surface area contributed by atoms with Crippen molar-refractivity contribution in [3.63, 3.8) is 0 Å². The standard InChI is InChI=1S/C19H34O3SSi/c1-5-8-13-24(14-9-6-2,15-10-7-3)19-16-18(23(20,21)22)12-11-17(19)4/h11-12,16H,5-10,13-15H2,1-4H3,(H,20,21,22). The summed E-state index contributed by atoms with van der Waals surface area (Å²) in [6, 6.07) is 8.87. The lowest BCUT2D eigenvalue weighted by Gasteiger charge is -2.34. The maximum atomic E-state index is 11.6. The first-order valence-corrected chi connectivity index (χ1v) is 13.5. The van der Waals surface area contributed by atoms with Crippen LogP contribution in [-0.2, 0) is 10.1 Å². The van der Waals surface area contributed by atoms with Gasteiger partial charge in [-0.2, -0.15) is 8.42 Å². The summed E-state index contributed by atoms with van der Waals surface area (Å²) in [5.74, 6) is 0. The molecule has 0 amide bonds. The average Bonchev–Trinajstić information content (AvgIpc) is 2.54. The van der Waals surface area contributed by atoms with Crippen molar-refractivity contribution < 1.29 is 13.0 Å². The fraction of sp³-hybridized carbons (Fsp3) is 0.684. The Kier molecular flexibility index (Phi) is 8.67. The van der Waals surface area contributed by atoms with Crippen molar-refractivity contribution >= 4 is 23.4 Å². The summed E-state index contributed by atoms with van der Waals surface area (Å²) in [4.78, 5) is 0.0597. The number of hydrogen-bond donors (Lipinski definition) is 1. The molecule has 24 heavy (non-hydrogen) atoms. The zero-order valence-electron chi connectivity index (χ0n) is 15.8. The summed E-state index contributed by atoms with van der Waals surface area (Å²) in [6.45, 7) is 8.76. The molecule has 1 aromatic rings. The van der Waals surface area contributed by atoms with E-state index in [9.17, 15) is 13.0 Å². The number of rotatable bonds is 11. The summed E-state index contributed by atoms with van der Waals surface area (Å²) in [6.07, 6.45) is 7.12. The van der Waals surface area contributed by atoms with E-state index in [4.69, 9.17) is 0 Å². The first-order valence-electron chi connectivity index (χ1n) is 9.39. The van der Waals surface area contributed by atoms with Crippen molar-refractivity contribution in [2.24, 2.45) is 0 Å². The first-order chi connectivity index (χ1) is 11.3. The Bertz CT molecular complexity index is 589. The van der Waals surface area contributed by atoms with E-state index in [0.29, 0.717) is 0 Å². The topological polar surface area (TPSA) is 54.4 Å². The molecule has 1 rings (SSSR count). The molecule has 0 spiro atoms. The predicted octanol–water partition coefficient (Wildman–Crippen LogP) is 5.30.